The molecule has 1 atom stereocenters. The van der Waals surface area contributed by atoms with Crippen LogP contribution in [0.2, 0.25) is 0 Å². The fourth-order valence-corrected chi connectivity index (χ4v) is 3.05. The molecule has 1 amide bonds. The highest BCUT2D eigenvalue weighted by Crippen LogP contribution is 2.18. The molecule has 1 aromatic heterocycles. The molecule has 20 heavy (non-hydrogen) atoms. The number of hydrogen-bond donors (Lipinski definition) is 1. The fraction of sp³-hybridized carbons (Fsp3) is 0.438. The number of H-pyrrole nitrogens is 1. The van der Waals surface area contributed by atoms with Crippen molar-refractivity contribution in [2.24, 2.45) is 5.92 Å². The average molecular weight is 271 g/mol. The van der Waals surface area contributed by atoms with E-state index in [2.05, 4.69) is 16.9 Å². The molecule has 0 saturated carbocycles. The number of fused-ring (bicyclic) bond motifs is 1. The Hall–Kier alpha value is -1.81. The van der Waals surface area contributed by atoms with Crippen molar-refractivity contribution >= 4 is 16.8 Å². The highest BCUT2D eigenvalue weighted by atomic mass is 16.2. The van der Waals surface area contributed by atoms with Gasteiger partial charge in [-0.05, 0) is 49.5 Å². The zero-order chi connectivity index (χ0) is 14.1. The maximum atomic E-state index is 12.5. The van der Waals surface area contributed by atoms with Gasteiger partial charge in [0.15, 0.2) is 0 Å². The number of likely N-dealkylation sites (tertiary alicyclic amines) is 1. The number of rotatable bonds is 3. The molecular formula is C16H21N3O. The van der Waals surface area contributed by atoms with Crippen LogP contribution in [0, 0.1) is 5.92 Å². The predicted octanol–water partition coefficient (Wildman–Crippen LogP) is 2.19. The molecule has 1 unspecified atom stereocenters. The Labute approximate surface area is 119 Å². The fourth-order valence-electron chi connectivity index (χ4n) is 3.05. The zero-order valence-corrected chi connectivity index (χ0v) is 12.1. The van der Waals surface area contributed by atoms with Crippen molar-refractivity contribution < 1.29 is 4.79 Å². The molecule has 1 saturated heterocycles. The van der Waals surface area contributed by atoms with Crippen molar-refractivity contribution in [1.29, 1.82) is 0 Å². The van der Waals surface area contributed by atoms with Gasteiger partial charge in [0.1, 0.15) is 0 Å². The number of benzene rings is 1. The Morgan fingerprint density at radius 1 is 1.45 bits per heavy atom. The monoisotopic (exact) mass is 271 g/mol. The molecule has 106 valence electrons. The average Bonchev–Trinajstić information content (AvgIpc) is 3.05. The molecule has 0 spiro atoms. The second-order valence-corrected chi connectivity index (χ2v) is 5.88. The Kier molecular flexibility index (Phi) is 3.49. The lowest BCUT2D eigenvalue weighted by molar-refractivity contribution is 0.0774. The van der Waals surface area contributed by atoms with Gasteiger partial charge in [0.25, 0.3) is 5.91 Å². The van der Waals surface area contributed by atoms with Crippen LogP contribution in [-0.2, 0) is 0 Å². The van der Waals surface area contributed by atoms with E-state index in [9.17, 15) is 4.79 Å². The van der Waals surface area contributed by atoms with E-state index in [1.54, 1.807) is 0 Å². The van der Waals surface area contributed by atoms with Gasteiger partial charge in [0, 0.05) is 37.4 Å². The van der Waals surface area contributed by atoms with Crippen LogP contribution in [0.3, 0.4) is 0 Å². The van der Waals surface area contributed by atoms with Crippen LogP contribution in [0.4, 0.5) is 0 Å². The first-order chi connectivity index (χ1) is 9.63. The van der Waals surface area contributed by atoms with E-state index in [0.29, 0.717) is 5.92 Å². The summed E-state index contributed by atoms with van der Waals surface area (Å²) < 4.78 is 0. The molecule has 2 aromatic rings. The second-order valence-electron chi connectivity index (χ2n) is 5.88. The number of carbonyl (C=O) groups excluding carboxylic acids is 1. The van der Waals surface area contributed by atoms with Crippen LogP contribution in [-0.4, -0.2) is 54.4 Å². The smallest absolute Gasteiger partial charge is 0.253 e. The molecule has 1 aliphatic rings. The number of hydrogen-bond acceptors (Lipinski definition) is 2. The Bertz CT molecular complexity index is 619. The predicted molar refractivity (Wildman–Crippen MR) is 80.9 cm³/mol. The summed E-state index contributed by atoms with van der Waals surface area (Å²) in [5, 5.41) is 1.14. The van der Waals surface area contributed by atoms with E-state index < -0.39 is 0 Å². The number of aromatic amines is 1. The van der Waals surface area contributed by atoms with Crippen LogP contribution in [0.5, 0.6) is 0 Å². The zero-order valence-electron chi connectivity index (χ0n) is 12.1. The van der Waals surface area contributed by atoms with E-state index in [-0.39, 0.29) is 5.91 Å². The summed E-state index contributed by atoms with van der Waals surface area (Å²) in [7, 11) is 4.04. The number of aromatic nitrogens is 1. The summed E-state index contributed by atoms with van der Waals surface area (Å²) in [6.45, 7) is 3.07. The highest BCUT2D eigenvalue weighted by Gasteiger charge is 2.23. The van der Waals surface area contributed by atoms with Crippen molar-refractivity contribution in [2.75, 3.05) is 33.7 Å². The van der Waals surface area contributed by atoms with Crippen LogP contribution >= 0.6 is 0 Å². The maximum Gasteiger partial charge on any atom is 0.253 e. The topological polar surface area (TPSA) is 39.3 Å². The van der Waals surface area contributed by atoms with Crippen molar-refractivity contribution in [2.45, 2.75) is 6.42 Å². The van der Waals surface area contributed by atoms with Crippen molar-refractivity contribution in [1.82, 2.24) is 14.8 Å². The first-order valence-corrected chi connectivity index (χ1v) is 7.14. The number of carbonyl (C=O) groups is 1. The normalized spacial score (nSPS) is 19.6. The first-order valence-electron chi connectivity index (χ1n) is 7.14. The lowest BCUT2D eigenvalue weighted by Gasteiger charge is -2.21. The quantitative estimate of drug-likeness (QED) is 0.929. The Morgan fingerprint density at radius 2 is 2.30 bits per heavy atom. The van der Waals surface area contributed by atoms with Crippen molar-refractivity contribution in [3.63, 3.8) is 0 Å². The van der Waals surface area contributed by atoms with Gasteiger partial charge in [0.05, 0.1) is 0 Å². The summed E-state index contributed by atoms with van der Waals surface area (Å²) >= 11 is 0. The van der Waals surface area contributed by atoms with E-state index >= 15 is 0 Å². The summed E-state index contributed by atoms with van der Waals surface area (Å²) in [6, 6.07) is 7.86. The lowest BCUT2D eigenvalue weighted by atomic mass is 10.1. The minimum Gasteiger partial charge on any atom is -0.361 e. The molecule has 0 aliphatic carbocycles. The van der Waals surface area contributed by atoms with Gasteiger partial charge < -0.3 is 14.8 Å². The second kappa shape index (κ2) is 5.29. The first kappa shape index (κ1) is 13.2. The molecule has 3 rings (SSSR count). The minimum atomic E-state index is 0.107. The number of nitrogens with zero attached hydrogens (tertiary/aromatic N) is 2. The molecule has 2 heterocycles. The SMILES string of the molecule is CN1CCC(CN(C)C(=O)c2ccc3cc[nH]c3c2)C1. The third-order valence-electron chi connectivity index (χ3n) is 4.17. The third kappa shape index (κ3) is 2.56. The van der Waals surface area contributed by atoms with E-state index in [1.807, 2.05) is 42.4 Å². The lowest BCUT2D eigenvalue weighted by Crippen LogP contribution is -2.32. The summed E-state index contributed by atoms with van der Waals surface area (Å²) in [6.07, 6.45) is 3.08. The largest absolute Gasteiger partial charge is 0.361 e. The van der Waals surface area contributed by atoms with Gasteiger partial charge in [-0.2, -0.15) is 0 Å². The Morgan fingerprint density at radius 3 is 3.05 bits per heavy atom. The molecule has 1 fully saturated rings. The molecular weight excluding hydrogens is 250 g/mol. The van der Waals surface area contributed by atoms with Gasteiger partial charge in [-0.25, -0.2) is 0 Å². The van der Waals surface area contributed by atoms with E-state index in [0.717, 1.165) is 36.1 Å². The molecule has 1 aliphatic heterocycles. The number of nitrogens with one attached hydrogen (secondary N) is 1. The summed E-state index contributed by atoms with van der Waals surface area (Å²) in [4.78, 5) is 19.8. The molecule has 4 heteroatoms. The van der Waals surface area contributed by atoms with Gasteiger partial charge in [-0.1, -0.05) is 6.07 Å². The van der Waals surface area contributed by atoms with Gasteiger partial charge in [0.2, 0.25) is 0 Å². The van der Waals surface area contributed by atoms with Gasteiger partial charge >= 0.3 is 0 Å². The summed E-state index contributed by atoms with van der Waals surface area (Å²) in [5.41, 5.74) is 1.78. The van der Waals surface area contributed by atoms with Gasteiger partial charge in [-0.15, -0.1) is 0 Å². The molecule has 1 N–H and O–H groups in total. The number of amides is 1. The van der Waals surface area contributed by atoms with Crippen LogP contribution in [0.1, 0.15) is 16.8 Å². The third-order valence-corrected chi connectivity index (χ3v) is 4.17. The van der Waals surface area contributed by atoms with E-state index in [4.69, 9.17) is 0 Å². The summed E-state index contributed by atoms with van der Waals surface area (Å²) in [5.74, 6) is 0.708. The van der Waals surface area contributed by atoms with E-state index in [1.165, 1.54) is 6.42 Å². The minimum absolute atomic E-state index is 0.107. The van der Waals surface area contributed by atoms with Crippen LogP contribution in [0.15, 0.2) is 30.5 Å². The molecule has 0 radical (unpaired) electrons. The molecule has 1 aromatic carbocycles. The van der Waals surface area contributed by atoms with Crippen molar-refractivity contribution in [3.05, 3.63) is 36.0 Å². The molecule has 4 nitrogen and oxygen atoms in total. The van der Waals surface area contributed by atoms with Crippen LogP contribution in [0.25, 0.3) is 10.9 Å². The van der Waals surface area contributed by atoms with Gasteiger partial charge in [-0.3, -0.25) is 4.79 Å². The Balaban J connectivity index is 1.70. The standard InChI is InChI=1S/C16H21N3O/c1-18-8-6-12(10-18)11-19(2)16(20)14-4-3-13-5-7-17-15(13)9-14/h3-5,7,9,12,17H,6,8,10-11H2,1-2H3. The van der Waals surface area contributed by atoms with Crippen LogP contribution < -0.4 is 0 Å². The van der Waals surface area contributed by atoms with Crippen molar-refractivity contribution in [3.8, 4) is 0 Å². The highest BCUT2D eigenvalue weighted by molar-refractivity contribution is 5.97. The maximum absolute atomic E-state index is 12.5. The molecule has 0 bridgehead atoms.